The van der Waals surface area contributed by atoms with Gasteiger partial charge in [-0.25, -0.2) is 0 Å². The van der Waals surface area contributed by atoms with Gasteiger partial charge in [0.1, 0.15) is 0 Å². The normalized spacial score (nSPS) is 13.7. The Bertz CT molecular complexity index is 1110. The largest absolute Gasteiger partial charge is 0.366 e. The molecule has 0 radical (unpaired) electrons. The van der Waals surface area contributed by atoms with Crippen LogP contribution >= 0.6 is 0 Å². The lowest BCUT2D eigenvalue weighted by atomic mass is 9.92. The fourth-order valence-electron chi connectivity index (χ4n) is 4.75. The summed E-state index contributed by atoms with van der Waals surface area (Å²) in [5, 5.41) is 5.30. The molecule has 4 aromatic carbocycles. The first-order valence-corrected chi connectivity index (χ1v) is 10.5. The Morgan fingerprint density at radius 1 is 0.552 bits per heavy atom. The molecule has 0 saturated heterocycles. The molecule has 4 aromatic rings. The van der Waals surface area contributed by atoms with E-state index in [9.17, 15) is 0 Å². The minimum Gasteiger partial charge on any atom is -0.366 e. The maximum atomic E-state index is 6.59. The standard InChI is InChI=1S/C28H30O/c1-17-15-27(19(3)25-13-9-7-11-23(17)25)21(5)29-22(6)28-16-18(2)24-12-8-10-14-26(24)20(28)4/h7-16,21-22H,1-6H3/t21-,22-/m1/s1. The minimum atomic E-state index is 0.0273. The summed E-state index contributed by atoms with van der Waals surface area (Å²) < 4.78 is 6.59. The van der Waals surface area contributed by atoms with E-state index in [0.717, 1.165) is 0 Å². The molecule has 0 aliphatic heterocycles. The predicted molar refractivity (Wildman–Crippen MR) is 125 cm³/mol. The molecule has 0 N–H and O–H groups in total. The lowest BCUT2D eigenvalue weighted by Gasteiger charge is -2.25. The van der Waals surface area contributed by atoms with Crippen molar-refractivity contribution in [3.63, 3.8) is 0 Å². The van der Waals surface area contributed by atoms with Gasteiger partial charge in [0.15, 0.2) is 0 Å². The molecular formula is C28H30O. The molecule has 0 unspecified atom stereocenters. The molecule has 0 saturated carbocycles. The summed E-state index contributed by atoms with van der Waals surface area (Å²) in [5.74, 6) is 0. The Balaban J connectivity index is 1.70. The van der Waals surface area contributed by atoms with Gasteiger partial charge in [-0.2, -0.15) is 0 Å². The molecule has 0 aliphatic carbocycles. The van der Waals surface area contributed by atoms with Gasteiger partial charge in [-0.3, -0.25) is 0 Å². The van der Waals surface area contributed by atoms with Gasteiger partial charge in [-0.1, -0.05) is 60.7 Å². The predicted octanol–water partition coefficient (Wildman–Crippen LogP) is 8.07. The molecular weight excluding hydrogens is 352 g/mol. The SMILES string of the molecule is Cc1cc([C@@H](C)O[C@H](C)c2cc(C)c3ccccc3c2C)c(C)c2ccccc12. The molecule has 148 valence electrons. The zero-order valence-electron chi connectivity index (χ0n) is 18.3. The lowest BCUT2D eigenvalue weighted by molar-refractivity contribution is 0.00534. The van der Waals surface area contributed by atoms with Crippen LogP contribution in [0.1, 0.15) is 59.4 Å². The third-order valence-electron chi connectivity index (χ3n) is 6.41. The smallest absolute Gasteiger partial charge is 0.0807 e. The second-order valence-corrected chi connectivity index (χ2v) is 8.33. The zero-order chi connectivity index (χ0) is 20.7. The van der Waals surface area contributed by atoms with E-state index in [4.69, 9.17) is 4.74 Å². The van der Waals surface area contributed by atoms with E-state index in [1.807, 2.05) is 0 Å². The third-order valence-corrected chi connectivity index (χ3v) is 6.41. The van der Waals surface area contributed by atoms with Crippen molar-refractivity contribution in [1.29, 1.82) is 0 Å². The summed E-state index contributed by atoms with van der Waals surface area (Å²) in [4.78, 5) is 0. The lowest BCUT2D eigenvalue weighted by Crippen LogP contribution is -2.09. The summed E-state index contributed by atoms with van der Waals surface area (Å²) in [6.45, 7) is 13.2. The number of fused-ring (bicyclic) bond motifs is 2. The van der Waals surface area contributed by atoms with Crippen LogP contribution in [0.2, 0.25) is 0 Å². The monoisotopic (exact) mass is 382 g/mol. The van der Waals surface area contributed by atoms with Gasteiger partial charge in [0, 0.05) is 0 Å². The number of rotatable bonds is 4. The van der Waals surface area contributed by atoms with Gasteiger partial charge in [0.2, 0.25) is 0 Å². The molecule has 0 aromatic heterocycles. The third kappa shape index (κ3) is 3.45. The maximum absolute atomic E-state index is 6.59. The van der Waals surface area contributed by atoms with Gasteiger partial charge in [-0.15, -0.1) is 0 Å². The zero-order valence-corrected chi connectivity index (χ0v) is 18.3. The van der Waals surface area contributed by atoms with Crippen LogP contribution in [0, 0.1) is 27.7 Å². The molecule has 29 heavy (non-hydrogen) atoms. The van der Waals surface area contributed by atoms with E-state index >= 15 is 0 Å². The highest BCUT2D eigenvalue weighted by atomic mass is 16.5. The molecule has 0 spiro atoms. The Morgan fingerprint density at radius 3 is 1.28 bits per heavy atom. The highest BCUT2D eigenvalue weighted by Crippen LogP contribution is 2.36. The Kier molecular flexibility index (Phi) is 5.19. The number of ether oxygens (including phenoxy) is 1. The van der Waals surface area contributed by atoms with Crippen LogP contribution in [0.5, 0.6) is 0 Å². The van der Waals surface area contributed by atoms with Crippen LogP contribution < -0.4 is 0 Å². The number of aryl methyl sites for hydroxylation is 4. The molecule has 1 nitrogen and oxygen atoms in total. The molecule has 0 bridgehead atoms. The van der Waals surface area contributed by atoms with Crippen LogP contribution in [-0.4, -0.2) is 0 Å². The van der Waals surface area contributed by atoms with Gasteiger partial charge in [0.25, 0.3) is 0 Å². The molecule has 0 aliphatic rings. The van der Waals surface area contributed by atoms with Crippen LogP contribution in [0.3, 0.4) is 0 Å². The second kappa shape index (κ2) is 7.65. The highest BCUT2D eigenvalue weighted by Gasteiger charge is 2.19. The van der Waals surface area contributed by atoms with Crippen molar-refractivity contribution in [3.8, 4) is 0 Å². The van der Waals surface area contributed by atoms with Crippen LogP contribution in [0.25, 0.3) is 21.5 Å². The first kappa shape index (κ1) is 19.7. The fourth-order valence-corrected chi connectivity index (χ4v) is 4.75. The van der Waals surface area contributed by atoms with Crippen molar-refractivity contribution < 1.29 is 4.74 Å². The maximum Gasteiger partial charge on any atom is 0.0807 e. The average molecular weight is 383 g/mol. The van der Waals surface area contributed by atoms with Gasteiger partial charge >= 0.3 is 0 Å². The van der Waals surface area contributed by atoms with Crippen molar-refractivity contribution in [1.82, 2.24) is 0 Å². The summed E-state index contributed by atoms with van der Waals surface area (Å²) in [7, 11) is 0. The van der Waals surface area contributed by atoms with E-state index < -0.39 is 0 Å². The molecule has 2 atom stereocenters. The van der Waals surface area contributed by atoms with Crippen LogP contribution in [0.15, 0.2) is 60.7 Å². The summed E-state index contributed by atoms with van der Waals surface area (Å²) in [6, 6.07) is 21.9. The van der Waals surface area contributed by atoms with Crippen molar-refractivity contribution in [2.24, 2.45) is 0 Å². The van der Waals surface area contributed by atoms with Gasteiger partial charge in [0.05, 0.1) is 12.2 Å². The molecule has 0 fully saturated rings. The van der Waals surface area contributed by atoms with E-state index in [1.54, 1.807) is 0 Å². The summed E-state index contributed by atoms with van der Waals surface area (Å²) in [6.07, 6.45) is 0.0546. The highest BCUT2D eigenvalue weighted by molar-refractivity contribution is 5.90. The number of hydrogen-bond donors (Lipinski definition) is 0. The molecule has 1 heteroatoms. The van der Waals surface area contributed by atoms with Gasteiger partial charge < -0.3 is 4.74 Å². The summed E-state index contributed by atoms with van der Waals surface area (Å²) >= 11 is 0. The summed E-state index contributed by atoms with van der Waals surface area (Å²) in [5.41, 5.74) is 7.81. The van der Waals surface area contributed by atoms with E-state index in [1.165, 1.54) is 54.9 Å². The Labute approximate surface area is 174 Å². The first-order valence-electron chi connectivity index (χ1n) is 10.5. The van der Waals surface area contributed by atoms with E-state index in [0.29, 0.717) is 0 Å². The van der Waals surface area contributed by atoms with E-state index in [-0.39, 0.29) is 12.2 Å². The topological polar surface area (TPSA) is 9.23 Å². The fraction of sp³-hybridized carbons (Fsp3) is 0.286. The van der Waals surface area contributed by atoms with Crippen LogP contribution in [-0.2, 0) is 4.74 Å². The van der Waals surface area contributed by atoms with Crippen LogP contribution in [0.4, 0.5) is 0 Å². The van der Waals surface area contributed by atoms with Crippen molar-refractivity contribution in [2.45, 2.75) is 53.8 Å². The van der Waals surface area contributed by atoms with Crippen molar-refractivity contribution >= 4 is 21.5 Å². The number of hydrogen-bond acceptors (Lipinski definition) is 1. The second-order valence-electron chi connectivity index (χ2n) is 8.33. The van der Waals surface area contributed by atoms with Gasteiger partial charge in [-0.05, 0) is 96.5 Å². The minimum absolute atomic E-state index is 0.0273. The average Bonchev–Trinajstić information content (AvgIpc) is 2.73. The molecule has 0 heterocycles. The molecule has 0 amide bonds. The quantitative estimate of drug-likeness (QED) is 0.347. The van der Waals surface area contributed by atoms with Crippen molar-refractivity contribution in [3.05, 3.63) is 94.0 Å². The Morgan fingerprint density at radius 2 is 0.897 bits per heavy atom. The first-order chi connectivity index (χ1) is 13.9. The number of benzene rings is 4. The van der Waals surface area contributed by atoms with E-state index in [2.05, 4.69) is 102 Å². The molecule has 4 rings (SSSR count). The van der Waals surface area contributed by atoms with Crippen molar-refractivity contribution in [2.75, 3.05) is 0 Å². The Hall–Kier alpha value is -2.64.